The first-order chi connectivity index (χ1) is 9.58. The number of likely N-dealkylation sites (N-methyl/N-ethyl adjacent to an activating group) is 1. The number of aliphatic hydroxyl groups is 1. The van der Waals surface area contributed by atoms with Crippen LogP contribution in [-0.4, -0.2) is 28.1 Å². The van der Waals surface area contributed by atoms with Crippen LogP contribution in [0.1, 0.15) is 29.0 Å². The maximum atomic E-state index is 10.3. The third-order valence-electron chi connectivity index (χ3n) is 3.29. The number of thiazole rings is 1. The summed E-state index contributed by atoms with van der Waals surface area (Å²) in [4.78, 5) is 7.38. The Kier molecular flexibility index (Phi) is 7.11. The van der Waals surface area contributed by atoms with Gasteiger partial charge in [-0.25, -0.2) is 4.98 Å². The number of hydrogen-bond acceptors (Lipinski definition) is 5. The van der Waals surface area contributed by atoms with Crippen molar-refractivity contribution in [3.05, 3.63) is 46.5 Å². The first kappa shape index (κ1) is 17.9. The highest BCUT2D eigenvalue weighted by molar-refractivity contribution is 7.15. The lowest BCUT2D eigenvalue weighted by Crippen LogP contribution is -2.27. The Morgan fingerprint density at radius 2 is 2.00 bits per heavy atom. The molecule has 4 nitrogen and oxygen atoms in total. The lowest BCUT2D eigenvalue weighted by atomic mass is 10.1. The van der Waals surface area contributed by atoms with Gasteiger partial charge < -0.3 is 10.8 Å². The molecule has 0 amide bonds. The van der Waals surface area contributed by atoms with Gasteiger partial charge in [0.2, 0.25) is 0 Å². The maximum absolute atomic E-state index is 10.3. The summed E-state index contributed by atoms with van der Waals surface area (Å²) in [7, 11) is 0. The number of aliphatic hydroxyl groups excluding tert-OH is 1. The van der Waals surface area contributed by atoms with Gasteiger partial charge in [-0.15, -0.1) is 23.7 Å². The Bertz CT molecular complexity index is 544. The number of nitrogens with two attached hydrogens (primary N) is 1. The highest BCUT2D eigenvalue weighted by Crippen LogP contribution is 2.19. The van der Waals surface area contributed by atoms with Crippen LogP contribution in [0.25, 0.3) is 0 Å². The van der Waals surface area contributed by atoms with Crippen LogP contribution in [0.2, 0.25) is 0 Å². The zero-order chi connectivity index (χ0) is 14.5. The van der Waals surface area contributed by atoms with E-state index >= 15 is 0 Å². The molecule has 0 spiro atoms. The molecule has 0 aliphatic carbocycles. The Hall–Kier alpha value is -1.14. The van der Waals surface area contributed by atoms with Crippen LogP contribution in [0.4, 0.5) is 5.13 Å². The molecule has 0 saturated heterocycles. The monoisotopic (exact) mass is 327 g/mol. The smallest absolute Gasteiger partial charge is 0.180 e. The molecular weight excluding hydrogens is 306 g/mol. The number of benzene rings is 1. The van der Waals surface area contributed by atoms with Gasteiger partial charge in [-0.3, -0.25) is 4.90 Å². The van der Waals surface area contributed by atoms with Gasteiger partial charge in [0.25, 0.3) is 0 Å². The van der Waals surface area contributed by atoms with Crippen LogP contribution in [0.5, 0.6) is 0 Å². The number of aryl methyl sites for hydroxylation is 1. The van der Waals surface area contributed by atoms with Crippen molar-refractivity contribution in [2.75, 3.05) is 18.8 Å². The summed E-state index contributed by atoms with van der Waals surface area (Å²) in [5.41, 5.74) is 7.80. The summed E-state index contributed by atoms with van der Waals surface area (Å²) < 4.78 is 0. The molecule has 0 aliphatic rings. The van der Waals surface area contributed by atoms with Crippen LogP contribution in [0, 0.1) is 6.92 Å². The molecule has 0 saturated carbocycles. The lowest BCUT2D eigenvalue weighted by Gasteiger charge is -2.23. The summed E-state index contributed by atoms with van der Waals surface area (Å²) >= 11 is 1.50. The summed E-state index contributed by atoms with van der Waals surface area (Å²) in [6, 6.07) is 8.02. The van der Waals surface area contributed by atoms with Crippen molar-refractivity contribution < 1.29 is 5.11 Å². The molecule has 116 valence electrons. The van der Waals surface area contributed by atoms with E-state index in [-0.39, 0.29) is 12.4 Å². The van der Waals surface area contributed by atoms with Crippen molar-refractivity contribution in [1.82, 2.24) is 9.88 Å². The number of rotatable bonds is 6. The Balaban J connectivity index is 0.00000220. The third kappa shape index (κ3) is 5.28. The zero-order valence-electron chi connectivity index (χ0n) is 12.3. The summed E-state index contributed by atoms with van der Waals surface area (Å²) in [6.45, 7) is 6.39. The number of nitrogen functional groups attached to an aromatic ring is 1. The second kappa shape index (κ2) is 8.34. The van der Waals surface area contributed by atoms with Crippen molar-refractivity contribution in [2.24, 2.45) is 0 Å². The minimum Gasteiger partial charge on any atom is -0.387 e. The molecule has 2 aromatic rings. The number of aromatic nitrogens is 1. The average Bonchev–Trinajstić information content (AvgIpc) is 2.84. The second-order valence-corrected chi connectivity index (χ2v) is 6.07. The molecule has 1 heterocycles. The van der Waals surface area contributed by atoms with Gasteiger partial charge in [-0.1, -0.05) is 36.8 Å². The second-order valence-electron chi connectivity index (χ2n) is 4.92. The fourth-order valence-electron chi connectivity index (χ4n) is 2.06. The first-order valence-corrected chi connectivity index (χ1v) is 7.57. The fraction of sp³-hybridized carbons (Fsp3) is 0.400. The largest absolute Gasteiger partial charge is 0.387 e. The van der Waals surface area contributed by atoms with Gasteiger partial charge in [0.05, 0.1) is 6.10 Å². The van der Waals surface area contributed by atoms with E-state index in [1.165, 1.54) is 16.9 Å². The topological polar surface area (TPSA) is 62.4 Å². The van der Waals surface area contributed by atoms with E-state index in [2.05, 4.69) is 16.8 Å². The minimum atomic E-state index is -0.471. The van der Waals surface area contributed by atoms with Crippen molar-refractivity contribution in [2.45, 2.75) is 26.5 Å². The molecule has 0 bridgehead atoms. The zero-order valence-corrected chi connectivity index (χ0v) is 14.0. The van der Waals surface area contributed by atoms with E-state index in [0.717, 1.165) is 23.5 Å². The van der Waals surface area contributed by atoms with E-state index in [0.29, 0.717) is 11.7 Å². The third-order valence-corrected chi connectivity index (χ3v) is 4.10. The van der Waals surface area contributed by atoms with E-state index in [1.54, 1.807) is 6.20 Å². The molecule has 1 aromatic heterocycles. The molecule has 1 atom stereocenters. The maximum Gasteiger partial charge on any atom is 0.180 e. The molecule has 1 aromatic carbocycles. The molecule has 1 unspecified atom stereocenters. The van der Waals surface area contributed by atoms with Crippen molar-refractivity contribution in [3.8, 4) is 0 Å². The van der Waals surface area contributed by atoms with E-state index in [4.69, 9.17) is 5.73 Å². The van der Waals surface area contributed by atoms with Crippen LogP contribution >= 0.6 is 23.7 Å². The van der Waals surface area contributed by atoms with Crippen molar-refractivity contribution in [3.63, 3.8) is 0 Å². The average molecular weight is 328 g/mol. The molecule has 3 N–H and O–H groups in total. The Labute approximate surface area is 136 Å². The van der Waals surface area contributed by atoms with Crippen molar-refractivity contribution in [1.29, 1.82) is 0 Å². The normalized spacial score (nSPS) is 12.2. The van der Waals surface area contributed by atoms with Crippen molar-refractivity contribution >= 4 is 28.9 Å². The Morgan fingerprint density at radius 3 is 2.52 bits per heavy atom. The number of nitrogens with zero attached hydrogens (tertiary/aromatic N) is 2. The number of anilines is 1. The van der Waals surface area contributed by atoms with Gasteiger partial charge in [-0.05, 0) is 19.0 Å². The van der Waals surface area contributed by atoms with Gasteiger partial charge in [0, 0.05) is 24.2 Å². The molecule has 2 rings (SSSR count). The fourth-order valence-corrected chi connectivity index (χ4v) is 2.79. The SMILES string of the molecule is CCN(Cc1cnc(N)s1)CC(O)c1ccc(C)cc1.Cl. The van der Waals surface area contributed by atoms with E-state index < -0.39 is 6.10 Å². The first-order valence-electron chi connectivity index (χ1n) is 6.75. The molecule has 21 heavy (non-hydrogen) atoms. The van der Waals surface area contributed by atoms with Crippen LogP contribution < -0.4 is 5.73 Å². The van der Waals surface area contributed by atoms with Crippen LogP contribution in [0.3, 0.4) is 0 Å². The Morgan fingerprint density at radius 1 is 1.33 bits per heavy atom. The molecule has 6 heteroatoms. The minimum absolute atomic E-state index is 0. The molecule has 0 fully saturated rings. The number of hydrogen-bond donors (Lipinski definition) is 2. The van der Waals surface area contributed by atoms with Gasteiger partial charge in [0.1, 0.15) is 0 Å². The predicted molar refractivity (Wildman–Crippen MR) is 90.9 cm³/mol. The van der Waals surface area contributed by atoms with Crippen LogP contribution in [0.15, 0.2) is 30.5 Å². The van der Waals surface area contributed by atoms with Gasteiger partial charge in [-0.2, -0.15) is 0 Å². The quantitative estimate of drug-likeness (QED) is 0.856. The van der Waals surface area contributed by atoms with Crippen LogP contribution in [-0.2, 0) is 6.54 Å². The van der Waals surface area contributed by atoms with Gasteiger partial charge >= 0.3 is 0 Å². The van der Waals surface area contributed by atoms with E-state index in [9.17, 15) is 5.11 Å². The summed E-state index contributed by atoms with van der Waals surface area (Å²) in [5.74, 6) is 0. The molecule has 0 aliphatic heterocycles. The highest BCUT2D eigenvalue weighted by atomic mass is 35.5. The van der Waals surface area contributed by atoms with Gasteiger partial charge in [0.15, 0.2) is 5.13 Å². The van der Waals surface area contributed by atoms with E-state index in [1.807, 2.05) is 31.2 Å². The summed E-state index contributed by atoms with van der Waals surface area (Å²) in [5, 5.41) is 10.9. The lowest BCUT2D eigenvalue weighted by molar-refractivity contribution is 0.113. The standard InChI is InChI=1S/C15H21N3OS.ClH/c1-3-18(9-13-8-17-15(16)20-13)10-14(19)12-6-4-11(2)5-7-12;/h4-8,14,19H,3,9-10H2,1-2H3,(H2,16,17);1H. The highest BCUT2D eigenvalue weighted by Gasteiger charge is 2.13. The molecule has 0 radical (unpaired) electrons. The predicted octanol–water partition coefficient (Wildman–Crippen LogP) is 3.01. The molecular formula is C15H22ClN3OS. The number of halogens is 1. The summed E-state index contributed by atoms with van der Waals surface area (Å²) in [6.07, 6.45) is 1.34.